The van der Waals surface area contributed by atoms with E-state index in [9.17, 15) is 13.2 Å². The molecule has 0 saturated carbocycles. The van der Waals surface area contributed by atoms with Crippen molar-refractivity contribution in [2.24, 2.45) is 0 Å². The maximum absolute atomic E-state index is 12.4. The number of hydrogen-bond donors (Lipinski definition) is 0. The standard InChI is InChI=1S/C13H13F3N3/c1-18(2)11-5-7-19(8-6-11)12-4-3-10(9-17-12)13(14,15)16/h3-9H,1-2H3/q+1. The molecule has 0 unspecified atom stereocenters. The van der Waals surface area contributed by atoms with Crippen LogP contribution in [0.2, 0.25) is 0 Å². The number of hydrogen-bond acceptors (Lipinski definition) is 2. The van der Waals surface area contributed by atoms with Crippen LogP contribution >= 0.6 is 0 Å². The van der Waals surface area contributed by atoms with Crippen molar-refractivity contribution in [3.05, 3.63) is 48.4 Å². The summed E-state index contributed by atoms with van der Waals surface area (Å²) in [6.45, 7) is 0. The van der Waals surface area contributed by atoms with Gasteiger partial charge in [0.1, 0.15) is 0 Å². The summed E-state index contributed by atoms with van der Waals surface area (Å²) in [5.74, 6) is 0.443. The van der Waals surface area contributed by atoms with E-state index in [4.69, 9.17) is 0 Å². The molecule has 100 valence electrons. The number of alkyl halides is 3. The Kier molecular flexibility index (Phi) is 3.42. The molecule has 3 nitrogen and oxygen atoms in total. The van der Waals surface area contributed by atoms with Crippen molar-refractivity contribution >= 4 is 5.69 Å². The molecule has 0 saturated heterocycles. The Balaban J connectivity index is 2.27. The van der Waals surface area contributed by atoms with Gasteiger partial charge in [0.05, 0.1) is 18.0 Å². The van der Waals surface area contributed by atoms with Crippen molar-refractivity contribution in [2.45, 2.75) is 6.18 Å². The summed E-state index contributed by atoms with van der Waals surface area (Å²) in [5, 5.41) is 0. The van der Waals surface area contributed by atoms with Gasteiger partial charge in [0.25, 0.3) is 0 Å². The number of anilines is 1. The SMILES string of the molecule is CN(C)c1cc[n+](-c2ccc(C(F)(F)F)cn2)cc1. The molecule has 0 aromatic carbocycles. The lowest BCUT2D eigenvalue weighted by Crippen LogP contribution is -2.31. The molecule has 0 amide bonds. The van der Waals surface area contributed by atoms with E-state index in [-0.39, 0.29) is 0 Å². The predicted molar refractivity (Wildman–Crippen MR) is 65.1 cm³/mol. The van der Waals surface area contributed by atoms with Gasteiger partial charge in [-0.3, -0.25) is 0 Å². The molecule has 0 aliphatic rings. The van der Waals surface area contributed by atoms with E-state index >= 15 is 0 Å². The van der Waals surface area contributed by atoms with Crippen molar-refractivity contribution in [3.63, 3.8) is 0 Å². The number of aromatic nitrogens is 2. The maximum Gasteiger partial charge on any atom is 0.420 e. The minimum atomic E-state index is -4.36. The Bertz CT molecular complexity index is 545. The monoisotopic (exact) mass is 268 g/mol. The van der Waals surface area contributed by atoms with Crippen LogP contribution in [-0.4, -0.2) is 19.1 Å². The molecule has 0 radical (unpaired) electrons. The first-order valence-corrected chi connectivity index (χ1v) is 5.60. The fourth-order valence-corrected chi connectivity index (χ4v) is 1.58. The minimum Gasteiger partial charge on any atom is -0.377 e. The molecular formula is C13H13F3N3+. The zero-order chi connectivity index (χ0) is 14.0. The van der Waals surface area contributed by atoms with Gasteiger partial charge < -0.3 is 4.90 Å². The highest BCUT2D eigenvalue weighted by Gasteiger charge is 2.32. The van der Waals surface area contributed by atoms with Crippen LogP contribution in [0.25, 0.3) is 5.82 Å². The van der Waals surface area contributed by atoms with Crippen molar-refractivity contribution in [2.75, 3.05) is 19.0 Å². The zero-order valence-corrected chi connectivity index (χ0v) is 10.5. The zero-order valence-electron chi connectivity index (χ0n) is 10.5. The normalized spacial score (nSPS) is 11.4. The predicted octanol–water partition coefficient (Wildman–Crippen LogP) is 2.44. The number of nitrogens with zero attached hydrogens (tertiary/aromatic N) is 3. The van der Waals surface area contributed by atoms with E-state index in [2.05, 4.69) is 4.98 Å². The van der Waals surface area contributed by atoms with Gasteiger partial charge in [-0.05, 0) is 11.1 Å². The van der Waals surface area contributed by atoms with E-state index < -0.39 is 11.7 Å². The third kappa shape index (κ3) is 3.01. The van der Waals surface area contributed by atoms with Gasteiger partial charge in [-0.15, -0.1) is 0 Å². The van der Waals surface area contributed by atoms with E-state index in [0.29, 0.717) is 5.82 Å². The molecule has 19 heavy (non-hydrogen) atoms. The second kappa shape index (κ2) is 4.87. The molecule has 2 aromatic heterocycles. The Morgan fingerprint density at radius 2 is 1.68 bits per heavy atom. The summed E-state index contributed by atoms with van der Waals surface area (Å²) in [7, 11) is 3.83. The smallest absolute Gasteiger partial charge is 0.377 e. The summed E-state index contributed by atoms with van der Waals surface area (Å²) in [5.41, 5.74) is 0.255. The van der Waals surface area contributed by atoms with Crippen LogP contribution in [0.15, 0.2) is 42.9 Å². The Morgan fingerprint density at radius 3 is 2.11 bits per heavy atom. The molecular weight excluding hydrogens is 255 g/mol. The third-order valence-corrected chi connectivity index (χ3v) is 2.67. The van der Waals surface area contributed by atoms with Crippen molar-refractivity contribution in [1.82, 2.24) is 4.98 Å². The largest absolute Gasteiger partial charge is 0.420 e. The summed E-state index contributed by atoms with van der Waals surface area (Å²) >= 11 is 0. The van der Waals surface area contributed by atoms with Gasteiger partial charge >= 0.3 is 12.0 Å². The maximum atomic E-state index is 12.4. The van der Waals surface area contributed by atoms with Crippen LogP contribution in [0.3, 0.4) is 0 Å². The fraction of sp³-hybridized carbons (Fsp3) is 0.231. The highest BCUT2D eigenvalue weighted by atomic mass is 19.4. The molecule has 2 aromatic rings. The molecule has 0 aliphatic heterocycles. The van der Waals surface area contributed by atoms with Crippen LogP contribution < -0.4 is 9.47 Å². The van der Waals surface area contributed by atoms with Gasteiger partial charge in [0, 0.05) is 38.0 Å². The molecule has 2 rings (SSSR count). The first-order chi connectivity index (χ1) is 8.88. The van der Waals surface area contributed by atoms with Crippen LogP contribution in [0, 0.1) is 0 Å². The molecule has 0 spiro atoms. The molecule has 0 N–H and O–H groups in total. The van der Waals surface area contributed by atoms with Gasteiger partial charge in [-0.2, -0.15) is 13.2 Å². The Morgan fingerprint density at radius 1 is 1.05 bits per heavy atom. The van der Waals surface area contributed by atoms with Crippen molar-refractivity contribution in [3.8, 4) is 5.82 Å². The lowest BCUT2D eigenvalue weighted by molar-refractivity contribution is -0.599. The Hall–Kier alpha value is -2.11. The first kappa shape index (κ1) is 13.3. The number of pyridine rings is 2. The second-order valence-corrected chi connectivity index (χ2v) is 4.26. The van der Waals surface area contributed by atoms with Crippen LogP contribution in [-0.2, 0) is 6.18 Å². The second-order valence-electron chi connectivity index (χ2n) is 4.26. The fourth-order valence-electron chi connectivity index (χ4n) is 1.58. The average molecular weight is 268 g/mol. The molecule has 0 aliphatic carbocycles. The minimum absolute atomic E-state index is 0.443. The topological polar surface area (TPSA) is 20.0 Å². The van der Waals surface area contributed by atoms with Gasteiger partial charge in [0.2, 0.25) is 0 Å². The quantitative estimate of drug-likeness (QED) is 0.780. The molecule has 0 bridgehead atoms. The molecule has 6 heteroatoms. The lowest BCUT2D eigenvalue weighted by Gasteiger charge is -2.11. The van der Waals surface area contributed by atoms with Crippen molar-refractivity contribution in [1.29, 1.82) is 0 Å². The van der Waals surface area contributed by atoms with E-state index in [1.165, 1.54) is 6.07 Å². The van der Waals surface area contributed by atoms with Crippen molar-refractivity contribution < 1.29 is 17.7 Å². The molecule has 0 atom stereocenters. The summed E-state index contributed by atoms with van der Waals surface area (Å²) in [6, 6.07) is 6.09. The third-order valence-electron chi connectivity index (χ3n) is 2.67. The van der Waals surface area contributed by atoms with Gasteiger partial charge in [0.15, 0.2) is 6.20 Å². The summed E-state index contributed by atoms with van der Waals surface area (Å²) in [6.07, 6.45) is -0.0109. The first-order valence-electron chi connectivity index (χ1n) is 5.60. The van der Waals surface area contributed by atoms with Crippen LogP contribution in [0.5, 0.6) is 0 Å². The van der Waals surface area contributed by atoms with E-state index in [0.717, 1.165) is 18.0 Å². The number of rotatable bonds is 2. The average Bonchev–Trinajstić information content (AvgIpc) is 2.38. The van der Waals surface area contributed by atoms with Gasteiger partial charge in [-0.1, -0.05) is 0 Å². The van der Waals surface area contributed by atoms with E-state index in [1.54, 1.807) is 17.0 Å². The van der Waals surface area contributed by atoms with Crippen LogP contribution in [0.4, 0.5) is 18.9 Å². The molecule has 0 fully saturated rings. The van der Waals surface area contributed by atoms with E-state index in [1.807, 2.05) is 31.1 Å². The van der Waals surface area contributed by atoms with Gasteiger partial charge in [-0.25, -0.2) is 4.57 Å². The summed E-state index contributed by atoms with van der Waals surface area (Å²) in [4.78, 5) is 5.75. The highest BCUT2D eigenvalue weighted by Crippen LogP contribution is 2.28. The molecule has 2 heterocycles. The highest BCUT2D eigenvalue weighted by molar-refractivity contribution is 5.41. The lowest BCUT2D eigenvalue weighted by atomic mass is 10.3. The Labute approximate surface area is 108 Å². The summed E-state index contributed by atoms with van der Waals surface area (Å²) < 4.78 is 38.9. The van der Waals surface area contributed by atoms with Crippen LogP contribution in [0.1, 0.15) is 5.56 Å². The number of halogens is 3.